The third-order valence-corrected chi connectivity index (χ3v) is 3.48. The lowest BCUT2D eigenvalue weighted by Crippen LogP contribution is -2.03. The first kappa shape index (κ1) is 14.1. The van der Waals surface area contributed by atoms with E-state index in [1.165, 1.54) is 3.57 Å². The molecule has 0 saturated heterocycles. The highest BCUT2D eigenvalue weighted by Gasteiger charge is 2.07. The molecule has 2 rings (SSSR count). The van der Waals surface area contributed by atoms with Crippen molar-refractivity contribution in [2.45, 2.75) is 13.3 Å². The van der Waals surface area contributed by atoms with Gasteiger partial charge in [0.15, 0.2) is 5.78 Å². The van der Waals surface area contributed by atoms with E-state index in [0.29, 0.717) is 13.0 Å². The summed E-state index contributed by atoms with van der Waals surface area (Å²) in [4.78, 5) is 12.1. The van der Waals surface area contributed by atoms with Crippen molar-refractivity contribution in [1.82, 2.24) is 0 Å². The van der Waals surface area contributed by atoms with E-state index in [1.54, 1.807) is 0 Å². The molecule has 3 heteroatoms. The van der Waals surface area contributed by atoms with Gasteiger partial charge in [-0.1, -0.05) is 12.1 Å². The zero-order valence-electron chi connectivity index (χ0n) is 10.7. The van der Waals surface area contributed by atoms with Gasteiger partial charge < -0.3 is 4.74 Å². The van der Waals surface area contributed by atoms with Gasteiger partial charge in [0.25, 0.3) is 0 Å². The zero-order chi connectivity index (χ0) is 13.7. The lowest BCUT2D eigenvalue weighted by molar-refractivity contribution is 0.0993. The molecule has 0 saturated carbocycles. The zero-order valence-corrected chi connectivity index (χ0v) is 12.9. The molecule has 0 bridgehead atoms. The second-order valence-electron chi connectivity index (χ2n) is 4.18. The Morgan fingerprint density at radius 2 is 1.68 bits per heavy atom. The van der Waals surface area contributed by atoms with Crippen LogP contribution in [0.15, 0.2) is 48.5 Å². The lowest BCUT2D eigenvalue weighted by atomic mass is 10.0. The molecule has 19 heavy (non-hydrogen) atoms. The van der Waals surface area contributed by atoms with Crippen molar-refractivity contribution in [3.05, 3.63) is 63.2 Å². The number of ether oxygens (including phenoxy) is 1. The number of carbonyl (C=O) groups excluding carboxylic acids is 1. The standard InChI is InChI=1S/C16H15IO2/c1-2-19-15-9-5-13(6-10-15)16(18)11-12-3-7-14(17)8-4-12/h3-10H,2,11H2,1H3. The summed E-state index contributed by atoms with van der Waals surface area (Å²) < 4.78 is 6.54. The summed E-state index contributed by atoms with van der Waals surface area (Å²) in [6, 6.07) is 15.3. The Hall–Kier alpha value is -1.36. The van der Waals surface area contributed by atoms with E-state index in [1.807, 2.05) is 55.5 Å². The Morgan fingerprint density at radius 3 is 2.26 bits per heavy atom. The van der Waals surface area contributed by atoms with Gasteiger partial charge in [0.1, 0.15) is 5.75 Å². The maximum absolute atomic E-state index is 12.1. The van der Waals surface area contributed by atoms with Crippen molar-refractivity contribution in [2.75, 3.05) is 6.61 Å². The summed E-state index contributed by atoms with van der Waals surface area (Å²) in [7, 11) is 0. The van der Waals surface area contributed by atoms with Crippen LogP contribution in [0.2, 0.25) is 0 Å². The van der Waals surface area contributed by atoms with Gasteiger partial charge in [-0.05, 0) is 71.5 Å². The summed E-state index contributed by atoms with van der Waals surface area (Å²) in [6.07, 6.45) is 0.435. The molecule has 0 aliphatic heterocycles. The van der Waals surface area contributed by atoms with E-state index in [-0.39, 0.29) is 5.78 Å². The van der Waals surface area contributed by atoms with Gasteiger partial charge in [0.05, 0.1) is 6.61 Å². The van der Waals surface area contributed by atoms with Crippen molar-refractivity contribution >= 4 is 28.4 Å². The Balaban J connectivity index is 2.05. The topological polar surface area (TPSA) is 26.3 Å². The molecule has 0 aromatic heterocycles. The normalized spacial score (nSPS) is 10.2. The van der Waals surface area contributed by atoms with Gasteiger partial charge in [0, 0.05) is 15.6 Å². The number of hydrogen-bond donors (Lipinski definition) is 0. The van der Waals surface area contributed by atoms with Gasteiger partial charge in [0.2, 0.25) is 0 Å². The molecule has 0 heterocycles. The van der Waals surface area contributed by atoms with Crippen LogP contribution in [0.25, 0.3) is 0 Å². The molecule has 2 nitrogen and oxygen atoms in total. The van der Waals surface area contributed by atoms with E-state index in [0.717, 1.165) is 16.9 Å². The number of carbonyl (C=O) groups is 1. The second-order valence-corrected chi connectivity index (χ2v) is 5.43. The third-order valence-electron chi connectivity index (χ3n) is 2.77. The Bertz CT molecular complexity index is 544. The fourth-order valence-corrected chi connectivity index (χ4v) is 2.15. The van der Waals surface area contributed by atoms with Crippen LogP contribution in [-0.2, 0) is 6.42 Å². The quantitative estimate of drug-likeness (QED) is 0.588. The van der Waals surface area contributed by atoms with Gasteiger partial charge in [-0.3, -0.25) is 4.79 Å². The van der Waals surface area contributed by atoms with Crippen LogP contribution in [0, 0.1) is 3.57 Å². The van der Waals surface area contributed by atoms with Crippen molar-refractivity contribution in [1.29, 1.82) is 0 Å². The first-order valence-corrected chi connectivity index (χ1v) is 7.27. The highest BCUT2D eigenvalue weighted by molar-refractivity contribution is 14.1. The molecule has 0 spiro atoms. The van der Waals surface area contributed by atoms with Crippen LogP contribution in [0.3, 0.4) is 0 Å². The summed E-state index contributed by atoms with van der Waals surface area (Å²) in [5.41, 5.74) is 1.77. The average Bonchev–Trinajstić information content (AvgIpc) is 2.42. The van der Waals surface area contributed by atoms with Crippen LogP contribution in [0.5, 0.6) is 5.75 Å². The molecular formula is C16H15IO2. The number of Topliss-reactive ketones (excluding diaryl/α,β-unsaturated/α-hetero) is 1. The minimum absolute atomic E-state index is 0.129. The molecule has 0 radical (unpaired) electrons. The number of ketones is 1. The Morgan fingerprint density at radius 1 is 1.05 bits per heavy atom. The molecule has 0 atom stereocenters. The highest BCUT2D eigenvalue weighted by atomic mass is 127. The monoisotopic (exact) mass is 366 g/mol. The molecule has 0 fully saturated rings. The van der Waals surface area contributed by atoms with Crippen molar-refractivity contribution in [3.63, 3.8) is 0 Å². The summed E-state index contributed by atoms with van der Waals surface area (Å²) in [5.74, 6) is 0.928. The number of benzene rings is 2. The van der Waals surface area contributed by atoms with Gasteiger partial charge in [-0.25, -0.2) is 0 Å². The van der Waals surface area contributed by atoms with Crippen LogP contribution >= 0.6 is 22.6 Å². The maximum Gasteiger partial charge on any atom is 0.167 e. The van der Waals surface area contributed by atoms with Crippen LogP contribution < -0.4 is 4.74 Å². The minimum Gasteiger partial charge on any atom is -0.494 e. The fraction of sp³-hybridized carbons (Fsp3) is 0.188. The van der Waals surface area contributed by atoms with E-state index in [2.05, 4.69) is 22.6 Å². The number of rotatable bonds is 5. The number of hydrogen-bond acceptors (Lipinski definition) is 2. The summed E-state index contributed by atoms with van der Waals surface area (Å²) in [6.45, 7) is 2.58. The molecule has 0 N–H and O–H groups in total. The second kappa shape index (κ2) is 6.70. The largest absolute Gasteiger partial charge is 0.494 e. The minimum atomic E-state index is 0.129. The van der Waals surface area contributed by atoms with Gasteiger partial charge in [-0.2, -0.15) is 0 Å². The summed E-state index contributed by atoms with van der Waals surface area (Å²) in [5, 5.41) is 0. The van der Waals surface area contributed by atoms with Crippen LogP contribution in [-0.4, -0.2) is 12.4 Å². The molecule has 0 unspecified atom stereocenters. The van der Waals surface area contributed by atoms with Crippen LogP contribution in [0.4, 0.5) is 0 Å². The molecule has 0 aliphatic carbocycles. The Kier molecular flexibility index (Phi) is 4.96. The number of halogens is 1. The maximum atomic E-state index is 12.1. The van der Waals surface area contributed by atoms with E-state index in [9.17, 15) is 4.79 Å². The van der Waals surface area contributed by atoms with Gasteiger partial charge >= 0.3 is 0 Å². The fourth-order valence-electron chi connectivity index (χ4n) is 1.79. The van der Waals surface area contributed by atoms with Crippen molar-refractivity contribution in [2.24, 2.45) is 0 Å². The molecular weight excluding hydrogens is 351 g/mol. The molecule has 98 valence electrons. The predicted octanol–water partition coefficient (Wildman–Crippen LogP) is 4.12. The SMILES string of the molecule is CCOc1ccc(C(=O)Cc2ccc(I)cc2)cc1. The van der Waals surface area contributed by atoms with E-state index >= 15 is 0 Å². The van der Waals surface area contributed by atoms with E-state index in [4.69, 9.17) is 4.74 Å². The lowest BCUT2D eigenvalue weighted by Gasteiger charge is -2.05. The van der Waals surface area contributed by atoms with Gasteiger partial charge in [-0.15, -0.1) is 0 Å². The average molecular weight is 366 g/mol. The van der Waals surface area contributed by atoms with E-state index < -0.39 is 0 Å². The highest BCUT2D eigenvalue weighted by Crippen LogP contribution is 2.15. The first-order valence-electron chi connectivity index (χ1n) is 6.19. The van der Waals surface area contributed by atoms with Crippen molar-refractivity contribution < 1.29 is 9.53 Å². The van der Waals surface area contributed by atoms with Crippen molar-refractivity contribution in [3.8, 4) is 5.75 Å². The molecule has 2 aromatic rings. The predicted molar refractivity (Wildman–Crippen MR) is 84.8 cm³/mol. The third kappa shape index (κ3) is 4.06. The molecule has 0 amide bonds. The summed E-state index contributed by atoms with van der Waals surface area (Å²) >= 11 is 2.25. The molecule has 0 aliphatic rings. The van der Waals surface area contributed by atoms with Crippen LogP contribution in [0.1, 0.15) is 22.8 Å². The Labute approximate surface area is 126 Å². The first-order chi connectivity index (χ1) is 9.19. The molecule has 2 aromatic carbocycles. The smallest absolute Gasteiger partial charge is 0.167 e.